The lowest BCUT2D eigenvalue weighted by Gasteiger charge is -2.24. The highest BCUT2D eigenvalue weighted by Crippen LogP contribution is 2.21. The number of carbonyl (C=O) groups is 1. The molecule has 1 aliphatic rings. The van der Waals surface area contributed by atoms with Crippen LogP contribution in [0.4, 0.5) is 5.69 Å². The van der Waals surface area contributed by atoms with E-state index < -0.39 is 0 Å². The number of amides is 1. The van der Waals surface area contributed by atoms with E-state index in [1.165, 1.54) is 0 Å². The van der Waals surface area contributed by atoms with Gasteiger partial charge in [0.15, 0.2) is 0 Å². The minimum absolute atomic E-state index is 0.0105. The van der Waals surface area contributed by atoms with E-state index in [1.54, 1.807) is 31.5 Å². The van der Waals surface area contributed by atoms with E-state index in [9.17, 15) is 9.90 Å². The lowest BCUT2D eigenvalue weighted by Crippen LogP contribution is -2.38. The molecule has 0 radical (unpaired) electrons. The van der Waals surface area contributed by atoms with Gasteiger partial charge in [0.25, 0.3) is 0 Å². The van der Waals surface area contributed by atoms with Crippen molar-refractivity contribution < 1.29 is 9.90 Å². The fourth-order valence-corrected chi connectivity index (χ4v) is 2.58. The molecule has 2 heterocycles. The first kappa shape index (κ1) is 14.0. The molecule has 2 rings (SSSR count). The molecular weight excluding hydrogens is 242 g/mol. The quantitative estimate of drug-likeness (QED) is 0.839. The Morgan fingerprint density at radius 3 is 3.00 bits per heavy atom. The number of aliphatic hydroxyl groups excluding tert-OH is 1. The van der Waals surface area contributed by atoms with Crippen LogP contribution in [-0.4, -0.2) is 46.1 Å². The molecule has 1 aromatic rings. The van der Waals surface area contributed by atoms with E-state index >= 15 is 0 Å². The van der Waals surface area contributed by atoms with Crippen LogP contribution in [0.5, 0.6) is 0 Å². The second kappa shape index (κ2) is 6.63. The minimum Gasteiger partial charge on any atom is -0.393 e. The van der Waals surface area contributed by atoms with E-state index in [2.05, 4.69) is 15.2 Å². The second-order valence-corrected chi connectivity index (χ2v) is 5.14. The summed E-state index contributed by atoms with van der Waals surface area (Å²) in [6, 6.07) is 3.87. The molecule has 2 unspecified atom stereocenters. The highest BCUT2D eigenvalue weighted by molar-refractivity contribution is 5.92. The molecule has 1 aliphatic heterocycles. The van der Waals surface area contributed by atoms with Gasteiger partial charge in [0.05, 0.1) is 12.6 Å². The van der Waals surface area contributed by atoms with E-state index in [0.717, 1.165) is 31.5 Å². The normalized spacial score (nSPS) is 21.3. The average Bonchev–Trinajstić information content (AvgIpc) is 2.77. The first-order valence-electron chi connectivity index (χ1n) is 6.77. The van der Waals surface area contributed by atoms with Crippen molar-refractivity contribution in [3.63, 3.8) is 0 Å². The van der Waals surface area contributed by atoms with Gasteiger partial charge in [-0.25, -0.2) is 0 Å². The highest BCUT2D eigenvalue weighted by Gasteiger charge is 2.26. The third kappa shape index (κ3) is 4.29. The molecule has 5 heteroatoms. The topological polar surface area (TPSA) is 65.5 Å². The number of anilines is 1. The van der Waals surface area contributed by atoms with Gasteiger partial charge in [0, 0.05) is 24.1 Å². The number of nitrogens with one attached hydrogen (secondary N) is 1. The van der Waals surface area contributed by atoms with Gasteiger partial charge in [-0.05, 0) is 44.9 Å². The zero-order valence-corrected chi connectivity index (χ0v) is 11.2. The van der Waals surface area contributed by atoms with Crippen LogP contribution in [0.25, 0.3) is 0 Å². The average molecular weight is 263 g/mol. The molecular formula is C14H21N3O2. The Bertz CT molecular complexity index is 408. The number of hydrogen-bond donors (Lipinski definition) is 2. The lowest BCUT2D eigenvalue weighted by molar-refractivity contribution is -0.117. The van der Waals surface area contributed by atoms with Gasteiger partial charge in [-0.15, -0.1) is 0 Å². The third-order valence-corrected chi connectivity index (χ3v) is 3.42. The Morgan fingerprint density at radius 2 is 2.32 bits per heavy atom. The number of aliphatic hydroxyl groups is 1. The van der Waals surface area contributed by atoms with E-state index in [0.29, 0.717) is 12.6 Å². The molecule has 19 heavy (non-hydrogen) atoms. The van der Waals surface area contributed by atoms with Gasteiger partial charge in [-0.2, -0.15) is 0 Å². The summed E-state index contributed by atoms with van der Waals surface area (Å²) in [5, 5.41) is 12.3. The summed E-state index contributed by atoms with van der Waals surface area (Å²) >= 11 is 0. The fraction of sp³-hybridized carbons (Fsp3) is 0.571. The lowest BCUT2D eigenvalue weighted by atomic mass is 10.1. The third-order valence-electron chi connectivity index (χ3n) is 3.42. The minimum atomic E-state index is -0.311. The molecule has 1 fully saturated rings. The van der Waals surface area contributed by atoms with Crippen LogP contribution in [0.15, 0.2) is 24.5 Å². The van der Waals surface area contributed by atoms with Crippen molar-refractivity contribution in [2.24, 2.45) is 0 Å². The smallest absolute Gasteiger partial charge is 0.238 e. The molecule has 1 amide bonds. The van der Waals surface area contributed by atoms with Gasteiger partial charge in [0.2, 0.25) is 5.91 Å². The maximum atomic E-state index is 12.0. The summed E-state index contributed by atoms with van der Waals surface area (Å²) in [4.78, 5) is 18.0. The summed E-state index contributed by atoms with van der Waals surface area (Å²) in [5.74, 6) is -0.0105. The number of carbonyl (C=O) groups excluding carboxylic acids is 1. The monoisotopic (exact) mass is 263 g/mol. The van der Waals surface area contributed by atoms with E-state index in [1.807, 2.05) is 0 Å². The van der Waals surface area contributed by atoms with Crippen LogP contribution >= 0.6 is 0 Å². The SMILES string of the molecule is CC(O)CC1CCCN1CC(=O)Nc1ccncc1. The summed E-state index contributed by atoms with van der Waals surface area (Å²) in [6.07, 6.45) is 5.90. The number of pyridine rings is 1. The fourth-order valence-electron chi connectivity index (χ4n) is 2.58. The van der Waals surface area contributed by atoms with Crippen molar-refractivity contribution in [3.05, 3.63) is 24.5 Å². The van der Waals surface area contributed by atoms with Gasteiger partial charge < -0.3 is 10.4 Å². The Kier molecular flexibility index (Phi) is 4.87. The van der Waals surface area contributed by atoms with Crippen molar-refractivity contribution >= 4 is 11.6 Å². The molecule has 1 saturated heterocycles. The van der Waals surface area contributed by atoms with Crippen LogP contribution in [-0.2, 0) is 4.79 Å². The Labute approximate surface area is 113 Å². The molecule has 0 bridgehead atoms. The maximum Gasteiger partial charge on any atom is 0.238 e. The number of rotatable bonds is 5. The standard InChI is InChI=1S/C14H21N3O2/c1-11(18)9-13-3-2-8-17(13)10-14(19)16-12-4-6-15-7-5-12/h4-7,11,13,18H,2-3,8-10H2,1H3,(H,15,16,19). The Hall–Kier alpha value is -1.46. The van der Waals surface area contributed by atoms with Crippen LogP contribution in [0.1, 0.15) is 26.2 Å². The first-order valence-corrected chi connectivity index (χ1v) is 6.77. The predicted molar refractivity (Wildman–Crippen MR) is 73.8 cm³/mol. The molecule has 0 aliphatic carbocycles. The molecule has 2 N–H and O–H groups in total. The van der Waals surface area contributed by atoms with Crippen molar-refractivity contribution in [2.75, 3.05) is 18.4 Å². The zero-order chi connectivity index (χ0) is 13.7. The molecule has 104 valence electrons. The number of nitrogens with zero attached hydrogens (tertiary/aromatic N) is 2. The van der Waals surface area contributed by atoms with Crippen molar-refractivity contribution in [1.29, 1.82) is 0 Å². The summed E-state index contributed by atoms with van der Waals surface area (Å²) < 4.78 is 0. The Morgan fingerprint density at radius 1 is 1.58 bits per heavy atom. The summed E-state index contributed by atoms with van der Waals surface area (Å²) in [7, 11) is 0. The number of hydrogen-bond acceptors (Lipinski definition) is 4. The molecule has 0 aromatic carbocycles. The first-order chi connectivity index (χ1) is 9.15. The van der Waals surface area contributed by atoms with Gasteiger partial charge in [-0.3, -0.25) is 14.7 Å². The van der Waals surface area contributed by atoms with Crippen molar-refractivity contribution in [1.82, 2.24) is 9.88 Å². The second-order valence-electron chi connectivity index (χ2n) is 5.14. The Balaban J connectivity index is 1.84. The van der Waals surface area contributed by atoms with Gasteiger partial charge in [-0.1, -0.05) is 0 Å². The highest BCUT2D eigenvalue weighted by atomic mass is 16.3. The zero-order valence-electron chi connectivity index (χ0n) is 11.2. The van der Waals surface area contributed by atoms with Gasteiger partial charge in [0.1, 0.15) is 0 Å². The van der Waals surface area contributed by atoms with E-state index in [-0.39, 0.29) is 12.0 Å². The molecule has 0 spiro atoms. The maximum absolute atomic E-state index is 12.0. The van der Waals surface area contributed by atoms with Crippen molar-refractivity contribution in [3.8, 4) is 0 Å². The van der Waals surface area contributed by atoms with E-state index in [4.69, 9.17) is 0 Å². The largest absolute Gasteiger partial charge is 0.393 e. The summed E-state index contributed by atoms with van der Waals surface area (Å²) in [6.45, 7) is 3.12. The van der Waals surface area contributed by atoms with Crippen LogP contribution in [0.3, 0.4) is 0 Å². The van der Waals surface area contributed by atoms with Crippen LogP contribution in [0, 0.1) is 0 Å². The van der Waals surface area contributed by atoms with Gasteiger partial charge >= 0.3 is 0 Å². The summed E-state index contributed by atoms with van der Waals surface area (Å²) in [5.41, 5.74) is 0.770. The van der Waals surface area contributed by atoms with Crippen LogP contribution in [0.2, 0.25) is 0 Å². The molecule has 2 atom stereocenters. The molecule has 5 nitrogen and oxygen atoms in total. The molecule has 0 saturated carbocycles. The molecule has 1 aromatic heterocycles. The van der Waals surface area contributed by atoms with Crippen molar-refractivity contribution in [2.45, 2.75) is 38.3 Å². The number of aromatic nitrogens is 1. The predicted octanol–water partition coefficient (Wildman–Crippen LogP) is 1.26. The number of likely N-dealkylation sites (tertiary alicyclic amines) is 1. The van der Waals surface area contributed by atoms with Crippen LogP contribution < -0.4 is 5.32 Å².